The zero-order valence-electron chi connectivity index (χ0n) is 15.3. The molecule has 0 bridgehead atoms. The van der Waals surface area contributed by atoms with Crippen molar-refractivity contribution in [2.45, 2.75) is 6.92 Å². The van der Waals surface area contributed by atoms with E-state index in [0.29, 0.717) is 0 Å². The van der Waals surface area contributed by atoms with E-state index in [1.165, 1.54) is 49.0 Å². The Morgan fingerprint density at radius 2 is 1.04 bits per heavy atom. The molecule has 0 unspecified atom stereocenters. The first-order valence-corrected chi connectivity index (χ1v) is 9.38. The Labute approximate surface area is 159 Å². The maximum Gasteiger partial charge on any atom is -0.00994 e. The van der Waals surface area contributed by atoms with Crippen molar-refractivity contribution in [1.29, 1.82) is 0 Å². The van der Waals surface area contributed by atoms with Crippen molar-refractivity contribution in [3.63, 3.8) is 0 Å². The van der Waals surface area contributed by atoms with Crippen LogP contribution in [0.2, 0.25) is 0 Å². The summed E-state index contributed by atoms with van der Waals surface area (Å²) in [5, 5.41) is 7.82. The van der Waals surface area contributed by atoms with E-state index in [9.17, 15) is 0 Å². The molecule has 0 nitrogen and oxygen atoms in total. The van der Waals surface area contributed by atoms with Gasteiger partial charge in [0.2, 0.25) is 0 Å². The molecular weight excluding hydrogens is 324 g/mol. The van der Waals surface area contributed by atoms with E-state index in [1.807, 2.05) is 0 Å². The molecule has 0 N–H and O–H groups in total. The molecule has 5 rings (SSSR count). The standard InChI is InChI=1S/C27H20/c1-19-14-15-20(24-10-5-4-9-23(19)24)16-17-22-18-21-8-2-3-11-25(21)27-13-7-6-12-26(22)27/h2-18H,1H3/b17-16+. The minimum atomic E-state index is 1.26. The van der Waals surface area contributed by atoms with Crippen LogP contribution in [-0.2, 0) is 0 Å². The monoisotopic (exact) mass is 344 g/mol. The summed E-state index contributed by atoms with van der Waals surface area (Å²) < 4.78 is 0. The third-order valence-electron chi connectivity index (χ3n) is 5.42. The van der Waals surface area contributed by atoms with Crippen LogP contribution in [0.1, 0.15) is 16.7 Å². The van der Waals surface area contributed by atoms with Gasteiger partial charge in [0.15, 0.2) is 0 Å². The van der Waals surface area contributed by atoms with Crippen LogP contribution in [0, 0.1) is 6.92 Å². The molecule has 0 heteroatoms. The summed E-state index contributed by atoms with van der Waals surface area (Å²) in [6, 6.07) is 32.7. The lowest BCUT2D eigenvalue weighted by Gasteiger charge is -2.09. The molecule has 0 heterocycles. The van der Waals surface area contributed by atoms with Crippen LogP contribution in [0.25, 0.3) is 44.5 Å². The molecule has 128 valence electrons. The van der Waals surface area contributed by atoms with Crippen molar-refractivity contribution in [2.24, 2.45) is 0 Å². The molecule has 0 saturated heterocycles. The smallest absolute Gasteiger partial charge is 0.00994 e. The number of rotatable bonds is 2. The van der Waals surface area contributed by atoms with E-state index < -0.39 is 0 Å². The summed E-state index contributed by atoms with van der Waals surface area (Å²) in [6.45, 7) is 2.17. The van der Waals surface area contributed by atoms with Crippen LogP contribution in [0.15, 0.2) is 91.0 Å². The van der Waals surface area contributed by atoms with Crippen molar-refractivity contribution in [3.05, 3.63) is 108 Å². The van der Waals surface area contributed by atoms with Gasteiger partial charge in [-0.05, 0) is 62.0 Å². The van der Waals surface area contributed by atoms with E-state index in [-0.39, 0.29) is 0 Å². The lowest BCUT2D eigenvalue weighted by molar-refractivity contribution is 1.52. The van der Waals surface area contributed by atoms with E-state index in [0.717, 1.165) is 0 Å². The van der Waals surface area contributed by atoms with Crippen LogP contribution in [0.4, 0.5) is 0 Å². The minimum Gasteiger partial charge on any atom is -0.0616 e. The molecule has 0 aliphatic heterocycles. The first kappa shape index (κ1) is 15.8. The fourth-order valence-electron chi connectivity index (χ4n) is 4.02. The highest BCUT2D eigenvalue weighted by molar-refractivity contribution is 6.11. The average molecular weight is 344 g/mol. The highest BCUT2D eigenvalue weighted by atomic mass is 14.1. The molecule has 5 aromatic rings. The van der Waals surface area contributed by atoms with Gasteiger partial charge < -0.3 is 0 Å². The number of fused-ring (bicyclic) bond motifs is 4. The van der Waals surface area contributed by atoms with Gasteiger partial charge in [-0.15, -0.1) is 0 Å². The lowest BCUT2D eigenvalue weighted by Crippen LogP contribution is -1.84. The fraction of sp³-hybridized carbons (Fsp3) is 0.0370. The summed E-state index contributed by atoms with van der Waals surface area (Å²) in [5.41, 5.74) is 3.83. The van der Waals surface area contributed by atoms with Crippen LogP contribution < -0.4 is 0 Å². The second-order valence-electron chi connectivity index (χ2n) is 7.08. The van der Waals surface area contributed by atoms with Crippen molar-refractivity contribution in [1.82, 2.24) is 0 Å². The number of aryl methyl sites for hydroxylation is 1. The highest BCUT2D eigenvalue weighted by Crippen LogP contribution is 2.30. The van der Waals surface area contributed by atoms with Crippen LogP contribution in [0.3, 0.4) is 0 Å². The number of hydrogen-bond donors (Lipinski definition) is 0. The molecule has 5 aromatic carbocycles. The topological polar surface area (TPSA) is 0 Å². The average Bonchev–Trinajstić information content (AvgIpc) is 2.73. The molecule has 0 atom stereocenters. The van der Waals surface area contributed by atoms with Gasteiger partial charge >= 0.3 is 0 Å². The summed E-state index contributed by atoms with van der Waals surface area (Å²) in [4.78, 5) is 0. The molecular formula is C27H20. The molecule has 0 saturated carbocycles. The predicted octanol–water partition coefficient (Wildman–Crippen LogP) is 7.63. The second kappa shape index (κ2) is 6.41. The fourth-order valence-corrected chi connectivity index (χ4v) is 4.02. The zero-order chi connectivity index (χ0) is 18.2. The van der Waals surface area contributed by atoms with Crippen LogP contribution in [0.5, 0.6) is 0 Å². The zero-order valence-corrected chi connectivity index (χ0v) is 15.3. The number of hydrogen-bond acceptors (Lipinski definition) is 0. The highest BCUT2D eigenvalue weighted by Gasteiger charge is 2.05. The predicted molar refractivity (Wildman–Crippen MR) is 119 cm³/mol. The van der Waals surface area contributed by atoms with Gasteiger partial charge in [-0.2, -0.15) is 0 Å². The summed E-state index contributed by atoms with van der Waals surface area (Å²) in [5.74, 6) is 0. The van der Waals surface area contributed by atoms with Crippen LogP contribution >= 0.6 is 0 Å². The Morgan fingerprint density at radius 3 is 1.81 bits per heavy atom. The Hall–Kier alpha value is -3.38. The third-order valence-corrected chi connectivity index (χ3v) is 5.42. The van der Waals surface area contributed by atoms with Crippen molar-refractivity contribution >= 4 is 44.5 Å². The van der Waals surface area contributed by atoms with Crippen molar-refractivity contribution in [2.75, 3.05) is 0 Å². The summed E-state index contributed by atoms with van der Waals surface area (Å²) in [7, 11) is 0. The largest absolute Gasteiger partial charge is 0.0616 e. The van der Waals surface area contributed by atoms with Gasteiger partial charge in [0.05, 0.1) is 0 Å². The van der Waals surface area contributed by atoms with Crippen LogP contribution in [-0.4, -0.2) is 0 Å². The van der Waals surface area contributed by atoms with Gasteiger partial charge in [0.1, 0.15) is 0 Å². The molecule has 0 amide bonds. The van der Waals surface area contributed by atoms with E-state index in [4.69, 9.17) is 0 Å². The maximum absolute atomic E-state index is 2.30. The van der Waals surface area contributed by atoms with Gasteiger partial charge in [0, 0.05) is 0 Å². The molecule has 0 spiro atoms. The first-order valence-electron chi connectivity index (χ1n) is 9.38. The van der Waals surface area contributed by atoms with E-state index >= 15 is 0 Å². The van der Waals surface area contributed by atoms with Crippen molar-refractivity contribution in [3.8, 4) is 0 Å². The quantitative estimate of drug-likeness (QED) is 0.228. The molecule has 0 aliphatic rings. The lowest BCUT2D eigenvalue weighted by atomic mass is 9.95. The first-order chi connectivity index (χ1) is 13.3. The molecule has 0 fully saturated rings. The van der Waals surface area contributed by atoms with E-state index in [1.54, 1.807) is 0 Å². The Balaban J connectivity index is 1.72. The molecule has 0 radical (unpaired) electrons. The SMILES string of the molecule is Cc1ccc(/C=C/c2cc3ccccc3c3ccccc23)c2ccccc12. The minimum absolute atomic E-state index is 1.26. The van der Waals surface area contributed by atoms with Gasteiger partial charge in [0.25, 0.3) is 0 Å². The van der Waals surface area contributed by atoms with Gasteiger partial charge in [-0.25, -0.2) is 0 Å². The van der Waals surface area contributed by atoms with E-state index in [2.05, 4.69) is 110 Å². The van der Waals surface area contributed by atoms with Gasteiger partial charge in [-0.1, -0.05) is 97.1 Å². The Bertz CT molecular complexity index is 1320. The molecule has 0 aliphatic carbocycles. The maximum atomic E-state index is 2.30. The summed E-state index contributed by atoms with van der Waals surface area (Å²) in [6.07, 6.45) is 4.50. The molecule has 0 aromatic heterocycles. The van der Waals surface area contributed by atoms with Gasteiger partial charge in [-0.3, -0.25) is 0 Å². The second-order valence-corrected chi connectivity index (χ2v) is 7.08. The third kappa shape index (κ3) is 2.71. The normalized spacial score (nSPS) is 11.7. The summed E-state index contributed by atoms with van der Waals surface area (Å²) >= 11 is 0. The number of benzene rings is 5. The molecule has 27 heavy (non-hydrogen) atoms. The Kier molecular flexibility index (Phi) is 3.76. The Morgan fingerprint density at radius 1 is 0.481 bits per heavy atom. The van der Waals surface area contributed by atoms with Crippen molar-refractivity contribution < 1.29 is 0 Å².